The second kappa shape index (κ2) is 12.8. The first-order chi connectivity index (χ1) is 20.4. The van der Waals surface area contributed by atoms with Crippen LogP contribution in [0.2, 0.25) is 0 Å². The summed E-state index contributed by atoms with van der Waals surface area (Å²) in [6.45, 7) is 0.308. The van der Waals surface area contributed by atoms with Gasteiger partial charge in [-0.25, -0.2) is 9.89 Å². The molecule has 3 amide bonds. The van der Waals surface area contributed by atoms with Gasteiger partial charge in [-0.05, 0) is 42.0 Å². The van der Waals surface area contributed by atoms with Crippen LogP contribution in [0.3, 0.4) is 0 Å². The SMILES string of the molecule is COc1ccc(CNC(=O)CC2N=C3c4ccccc4N=C(SCC(=O)Nc4cc(OC)ccc4OC)N3C2=O)cc1. The van der Waals surface area contributed by atoms with Crippen molar-refractivity contribution in [2.24, 2.45) is 9.98 Å². The van der Waals surface area contributed by atoms with E-state index >= 15 is 0 Å². The molecule has 0 spiro atoms. The van der Waals surface area contributed by atoms with Gasteiger partial charge in [0.2, 0.25) is 11.8 Å². The van der Waals surface area contributed by atoms with E-state index in [9.17, 15) is 14.4 Å². The van der Waals surface area contributed by atoms with Crippen LogP contribution in [0, 0.1) is 0 Å². The summed E-state index contributed by atoms with van der Waals surface area (Å²) >= 11 is 1.10. The lowest BCUT2D eigenvalue weighted by molar-refractivity contribution is -0.128. The fourth-order valence-electron chi connectivity index (χ4n) is 4.45. The van der Waals surface area contributed by atoms with Crippen LogP contribution in [0.15, 0.2) is 76.7 Å². The Kier molecular flexibility index (Phi) is 8.72. The molecule has 1 unspecified atom stereocenters. The smallest absolute Gasteiger partial charge is 0.259 e. The van der Waals surface area contributed by atoms with Crippen molar-refractivity contribution in [3.05, 3.63) is 77.9 Å². The highest BCUT2D eigenvalue weighted by atomic mass is 32.2. The van der Waals surface area contributed by atoms with Gasteiger partial charge in [0.15, 0.2) is 5.17 Å². The fraction of sp³-hybridized carbons (Fsp3) is 0.233. The fourth-order valence-corrected chi connectivity index (χ4v) is 5.25. The van der Waals surface area contributed by atoms with Gasteiger partial charge in [0, 0.05) is 18.2 Å². The van der Waals surface area contributed by atoms with Crippen molar-refractivity contribution in [3.63, 3.8) is 0 Å². The number of amides is 3. The van der Waals surface area contributed by atoms with Crippen LogP contribution in [-0.4, -0.2) is 66.7 Å². The molecule has 12 heteroatoms. The molecule has 42 heavy (non-hydrogen) atoms. The number of nitrogens with zero attached hydrogens (tertiary/aromatic N) is 3. The number of benzene rings is 3. The molecule has 2 heterocycles. The van der Waals surface area contributed by atoms with Crippen LogP contribution in [0.4, 0.5) is 11.4 Å². The van der Waals surface area contributed by atoms with E-state index in [0.29, 0.717) is 46.0 Å². The quantitative estimate of drug-likeness (QED) is 0.369. The van der Waals surface area contributed by atoms with Crippen LogP contribution in [0.25, 0.3) is 0 Å². The van der Waals surface area contributed by atoms with Crippen LogP contribution >= 0.6 is 11.8 Å². The molecule has 5 rings (SSSR count). The van der Waals surface area contributed by atoms with E-state index in [1.54, 1.807) is 25.3 Å². The van der Waals surface area contributed by atoms with Crippen LogP contribution in [0.5, 0.6) is 17.2 Å². The Morgan fingerprint density at radius 2 is 1.67 bits per heavy atom. The maximum atomic E-state index is 13.5. The molecule has 2 N–H and O–H groups in total. The van der Waals surface area contributed by atoms with Gasteiger partial charge in [0.1, 0.15) is 29.1 Å². The van der Waals surface area contributed by atoms with Crippen LogP contribution in [-0.2, 0) is 20.9 Å². The Bertz CT molecular complexity index is 1570. The molecular formula is C30H29N5O6S. The molecule has 0 radical (unpaired) electrons. The normalized spacial score (nSPS) is 15.2. The summed E-state index contributed by atoms with van der Waals surface area (Å²) < 4.78 is 15.7. The number of methoxy groups -OCH3 is 3. The zero-order chi connectivity index (χ0) is 29.6. The maximum absolute atomic E-state index is 13.5. The van der Waals surface area contributed by atoms with Gasteiger partial charge in [0.05, 0.1) is 44.9 Å². The Labute approximate surface area is 247 Å². The molecule has 3 aromatic carbocycles. The standard InChI is InChI=1S/C30H29N5O6S/c1-39-19-10-8-18(9-11-19)16-31-26(36)15-24-29(38)35-28(33-24)21-6-4-5-7-22(21)34-30(35)42-17-27(37)32-23-14-20(40-2)12-13-25(23)41-3/h4-14,24H,15-17H2,1-3H3,(H,31,36)(H,32,37). The lowest BCUT2D eigenvalue weighted by atomic mass is 10.1. The first kappa shape index (κ1) is 28.7. The second-order valence-electron chi connectivity index (χ2n) is 9.29. The van der Waals surface area contributed by atoms with Gasteiger partial charge < -0.3 is 24.8 Å². The van der Waals surface area contributed by atoms with Crippen molar-refractivity contribution >= 4 is 51.9 Å². The number of rotatable bonds is 10. The summed E-state index contributed by atoms with van der Waals surface area (Å²) in [5.74, 6) is 1.14. The third-order valence-corrected chi connectivity index (χ3v) is 7.53. The molecule has 0 aliphatic carbocycles. The number of para-hydroxylation sites is 1. The van der Waals surface area contributed by atoms with Crippen molar-refractivity contribution < 1.29 is 28.6 Å². The third kappa shape index (κ3) is 6.23. The van der Waals surface area contributed by atoms with E-state index in [0.717, 1.165) is 23.1 Å². The van der Waals surface area contributed by atoms with E-state index in [4.69, 9.17) is 14.2 Å². The zero-order valence-electron chi connectivity index (χ0n) is 23.2. The Morgan fingerprint density at radius 3 is 2.40 bits per heavy atom. The van der Waals surface area contributed by atoms with E-state index in [1.165, 1.54) is 19.1 Å². The van der Waals surface area contributed by atoms with Crippen LogP contribution < -0.4 is 24.8 Å². The lowest BCUT2D eigenvalue weighted by Gasteiger charge is -2.25. The van der Waals surface area contributed by atoms with E-state index in [1.807, 2.05) is 48.5 Å². The number of aliphatic imine (C=N–C) groups is 2. The maximum Gasteiger partial charge on any atom is 0.259 e. The van der Waals surface area contributed by atoms with Gasteiger partial charge in [-0.15, -0.1) is 0 Å². The van der Waals surface area contributed by atoms with E-state index in [-0.39, 0.29) is 29.9 Å². The molecule has 216 valence electrons. The number of fused-ring (bicyclic) bond motifs is 3. The Hall–Kier alpha value is -4.84. The number of hydrogen-bond donors (Lipinski definition) is 2. The molecule has 11 nitrogen and oxygen atoms in total. The number of anilines is 1. The number of hydrogen-bond acceptors (Lipinski definition) is 9. The topological polar surface area (TPSA) is 131 Å². The predicted molar refractivity (Wildman–Crippen MR) is 161 cm³/mol. The molecule has 1 atom stereocenters. The number of ether oxygens (including phenoxy) is 3. The summed E-state index contributed by atoms with van der Waals surface area (Å²) in [6.07, 6.45) is -0.120. The molecular weight excluding hydrogens is 558 g/mol. The average molecular weight is 588 g/mol. The highest BCUT2D eigenvalue weighted by Gasteiger charge is 2.42. The van der Waals surface area contributed by atoms with E-state index < -0.39 is 6.04 Å². The molecule has 3 aromatic rings. The summed E-state index contributed by atoms with van der Waals surface area (Å²) in [6, 6.07) is 18.8. The highest BCUT2D eigenvalue weighted by Crippen LogP contribution is 2.34. The van der Waals surface area contributed by atoms with Gasteiger partial charge in [0.25, 0.3) is 5.91 Å². The van der Waals surface area contributed by atoms with E-state index in [2.05, 4.69) is 20.6 Å². The Morgan fingerprint density at radius 1 is 0.929 bits per heavy atom. The minimum atomic E-state index is -0.914. The molecule has 0 saturated carbocycles. The van der Waals surface area contributed by atoms with Gasteiger partial charge in [-0.3, -0.25) is 19.4 Å². The van der Waals surface area contributed by atoms with Crippen molar-refractivity contribution in [3.8, 4) is 17.2 Å². The molecule has 0 saturated heterocycles. The molecule has 0 aromatic heterocycles. The summed E-state index contributed by atoms with van der Waals surface area (Å²) in [5, 5.41) is 5.98. The minimum absolute atomic E-state index is 0.0363. The monoisotopic (exact) mass is 587 g/mol. The Balaban J connectivity index is 1.27. The second-order valence-corrected chi connectivity index (χ2v) is 10.2. The average Bonchev–Trinajstić information content (AvgIpc) is 3.34. The third-order valence-electron chi connectivity index (χ3n) is 6.59. The molecule has 0 fully saturated rings. The zero-order valence-corrected chi connectivity index (χ0v) is 24.1. The van der Waals surface area contributed by atoms with Crippen molar-refractivity contribution in [2.45, 2.75) is 19.0 Å². The number of carbonyl (C=O) groups is 3. The summed E-state index contributed by atoms with van der Waals surface area (Å²) in [7, 11) is 4.63. The number of carbonyl (C=O) groups excluding carboxylic acids is 3. The van der Waals surface area contributed by atoms with Gasteiger partial charge in [-0.2, -0.15) is 0 Å². The van der Waals surface area contributed by atoms with Gasteiger partial charge in [-0.1, -0.05) is 36.0 Å². The minimum Gasteiger partial charge on any atom is -0.497 e. The first-order valence-electron chi connectivity index (χ1n) is 13.0. The van der Waals surface area contributed by atoms with Crippen molar-refractivity contribution in [1.29, 1.82) is 0 Å². The van der Waals surface area contributed by atoms with Crippen molar-refractivity contribution in [1.82, 2.24) is 10.2 Å². The highest BCUT2D eigenvalue weighted by molar-refractivity contribution is 8.14. The molecule has 2 aliphatic heterocycles. The largest absolute Gasteiger partial charge is 0.497 e. The molecule has 2 aliphatic rings. The number of nitrogens with one attached hydrogen (secondary N) is 2. The first-order valence-corrected chi connectivity index (χ1v) is 14.0. The summed E-state index contributed by atoms with van der Waals surface area (Å²) in [4.78, 5) is 49.9. The lowest BCUT2D eigenvalue weighted by Crippen LogP contribution is -2.42. The van der Waals surface area contributed by atoms with Crippen molar-refractivity contribution in [2.75, 3.05) is 32.4 Å². The predicted octanol–water partition coefficient (Wildman–Crippen LogP) is 3.75. The van der Waals surface area contributed by atoms with Crippen LogP contribution in [0.1, 0.15) is 17.5 Å². The number of thioether (sulfide) groups is 1. The molecule has 0 bridgehead atoms. The summed E-state index contributed by atoms with van der Waals surface area (Å²) in [5.41, 5.74) is 2.66. The number of amidine groups is 2. The van der Waals surface area contributed by atoms with Gasteiger partial charge >= 0.3 is 0 Å².